The van der Waals surface area contributed by atoms with Gasteiger partial charge >= 0.3 is 0 Å². The van der Waals surface area contributed by atoms with Crippen molar-refractivity contribution in [3.8, 4) is 11.5 Å². The number of hydrogen-bond acceptors (Lipinski definition) is 6. The molecule has 0 saturated heterocycles. The summed E-state index contributed by atoms with van der Waals surface area (Å²) in [5.74, 6) is 2.97. The van der Waals surface area contributed by atoms with Crippen molar-refractivity contribution >= 4 is 11.9 Å². The van der Waals surface area contributed by atoms with E-state index >= 15 is 0 Å². The second kappa shape index (κ2) is 6.46. The molecule has 25 heavy (non-hydrogen) atoms. The highest BCUT2D eigenvalue weighted by molar-refractivity contribution is 5.53. The number of nitrogens with zero attached hydrogens (tertiary/aromatic N) is 3. The maximum absolute atomic E-state index is 11.6. The quantitative estimate of drug-likeness (QED) is 0.717. The molecule has 2 aromatic heterocycles. The Kier molecular flexibility index (Phi) is 4.15. The number of H-pyrrole nitrogens is 1. The first kappa shape index (κ1) is 16.1. The van der Waals surface area contributed by atoms with Crippen molar-refractivity contribution in [1.29, 1.82) is 0 Å². The first-order chi connectivity index (χ1) is 12.1. The van der Waals surface area contributed by atoms with Crippen LogP contribution in [-0.2, 0) is 0 Å². The van der Waals surface area contributed by atoms with Crippen LogP contribution in [0.3, 0.4) is 0 Å². The summed E-state index contributed by atoms with van der Waals surface area (Å²) in [5, 5.41) is 6.79. The van der Waals surface area contributed by atoms with E-state index in [-0.39, 0.29) is 5.56 Å². The lowest BCUT2D eigenvalue weighted by atomic mass is 10.2. The van der Waals surface area contributed by atoms with Crippen LogP contribution in [0.1, 0.15) is 39.5 Å². The van der Waals surface area contributed by atoms with Crippen LogP contribution in [0.15, 0.2) is 23.0 Å². The van der Waals surface area contributed by atoms with E-state index in [1.165, 1.54) is 31.7 Å². The molecule has 0 radical (unpaired) electrons. The summed E-state index contributed by atoms with van der Waals surface area (Å²) in [6, 6.07) is 5.65. The summed E-state index contributed by atoms with van der Waals surface area (Å²) in [5.41, 5.74) is 0.429. The Morgan fingerprint density at radius 3 is 2.00 bits per heavy atom. The molecule has 0 amide bonds. The van der Waals surface area contributed by atoms with Crippen molar-refractivity contribution in [2.45, 2.75) is 51.6 Å². The minimum Gasteiger partial charge on any atom is -0.351 e. The minimum absolute atomic E-state index is 0.167. The third-order valence-electron chi connectivity index (χ3n) is 5.02. The number of aromatic amines is 1. The fourth-order valence-corrected chi connectivity index (χ4v) is 3.04. The lowest BCUT2D eigenvalue weighted by molar-refractivity contribution is 0.676. The van der Waals surface area contributed by atoms with Gasteiger partial charge in [0.25, 0.3) is 0 Å². The van der Waals surface area contributed by atoms with E-state index in [4.69, 9.17) is 0 Å². The SMILES string of the molecule is C[C@@H](Nc1nc(N[C@H](C)C2CC2)nc(-c2cccc(=O)[nH]2)n1)C1CC1. The van der Waals surface area contributed by atoms with Crippen LogP contribution in [0.2, 0.25) is 0 Å². The lowest BCUT2D eigenvalue weighted by Crippen LogP contribution is -2.23. The number of anilines is 2. The van der Waals surface area contributed by atoms with Gasteiger partial charge in [-0.3, -0.25) is 4.79 Å². The normalized spacial score (nSPS) is 19.3. The monoisotopic (exact) mass is 340 g/mol. The van der Waals surface area contributed by atoms with Crippen LogP contribution in [0.25, 0.3) is 11.5 Å². The molecule has 132 valence electrons. The van der Waals surface area contributed by atoms with Crippen LogP contribution in [0, 0.1) is 11.8 Å². The molecule has 2 aromatic rings. The molecule has 3 N–H and O–H groups in total. The topological polar surface area (TPSA) is 95.6 Å². The van der Waals surface area contributed by atoms with Crippen molar-refractivity contribution < 1.29 is 0 Å². The van der Waals surface area contributed by atoms with E-state index in [1.807, 2.05) is 0 Å². The van der Waals surface area contributed by atoms with Gasteiger partial charge in [0, 0.05) is 18.2 Å². The standard InChI is InChI=1S/C18H24N6O/c1-10(12-6-7-12)19-17-22-16(14-4-3-5-15(25)21-14)23-18(24-17)20-11(2)13-8-9-13/h3-5,10-13H,6-9H2,1-2H3,(H,21,25)(H2,19,20,22,23,24)/t10-,11-/m1/s1. The summed E-state index contributed by atoms with van der Waals surface area (Å²) in [6.07, 6.45) is 5.01. The number of rotatable bonds is 7. The van der Waals surface area contributed by atoms with Gasteiger partial charge in [0.05, 0.1) is 5.69 Å². The van der Waals surface area contributed by atoms with Crippen LogP contribution in [0.5, 0.6) is 0 Å². The molecule has 2 saturated carbocycles. The Bertz CT molecular complexity index is 773. The van der Waals surface area contributed by atoms with E-state index in [0.29, 0.717) is 47.3 Å². The van der Waals surface area contributed by atoms with Crippen molar-refractivity contribution in [2.75, 3.05) is 10.6 Å². The predicted octanol–water partition coefficient (Wildman–Crippen LogP) is 2.65. The molecule has 0 aromatic carbocycles. The molecule has 4 rings (SSSR count). The summed E-state index contributed by atoms with van der Waals surface area (Å²) in [6.45, 7) is 4.32. The number of hydrogen-bond donors (Lipinski definition) is 3. The first-order valence-electron chi connectivity index (χ1n) is 9.07. The van der Waals surface area contributed by atoms with Crippen LogP contribution < -0.4 is 16.2 Å². The van der Waals surface area contributed by atoms with E-state index in [2.05, 4.69) is 44.4 Å². The molecule has 0 aliphatic heterocycles. The highest BCUT2D eigenvalue weighted by Crippen LogP contribution is 2.35. The average Bonchev–Trinajstić information content (AvgIpc) is 3.48. The molecule has 0 spiro atoms. The van der Waals surface area contributed by atoms with Crippen molar-refractivity contribution in [3.05, 3.63) is 28.6 Å². The molecule has 2 fully saturated rings. The van der Waals surface area contributed by atoms with Gasteiger partial charge < -0.3 is 15.6 Å². The highest BCUT2D eigenvalue weighted by atomic mass is 16.1. The van der Waals surface area contributed by atoms with Gasteiger partial charge in [-0.15, -0.1) is 0 Å². The Balaban J connectivity index is 1.64. The highest BCUT2D eigenvalue weighted by Gasteiger charge is 2.30. The first-order valence-corrected chi connectivity index (χ1v) is 9.07. The van der Waals surface area contributed by atoms with Crippen molar-refractivity contribution in [1.82, 2.24) is 19.9 Å². The molecule has 7 heteroatoms. The fourth-order valence-electron chi connectivity index (χ4n) is 3.04. The van der Waals surface area contributed by atoms with E-state index < -0.39 is 0 Å². The van der Waals surface area contributed by atoms with Gasteiger partial charge in [-0.1, -0.05) is 6.07 Å². The summed E-state index contributed by atoms with van der Waals surface area (Å²) < 4.78 is 0. The molecule has 2 aliphatic rings. The van der Waals surface area contributed by atoms with Gasteiger partial charge in [0.2, 0.25) is 17.5 Å². The average molecular weight is 340 g/mol. The summed E-state index contributed by atoms with van der Waals surface area (Å²) in [7, 11) is 0. The van der Waals surface area contributed by atoms with Gasteiger partial charge in [-0.25, -0.2) is 0 Å². The van der Waals surface area contributed by atoms with Crippen LogP contribution in [-0.4, -0.2) is 32.0 Å². The Labute approximate surface area is 146 Å². The zero-order valence-electron chi connectivity index (χ0n) is 14.6. The number of aromatic nitrogens is 4. The van der Waals surface area contributed by atoms with E-state index in [9.17, 15) is 4.79 Å². The molecule has 2 atom stereocenters. The largest absolute Gasteiger partial charge is 0.351 e. The van der Waals surface area contributed by atoms with Gasteiger partial charge in [0.15, 0.2) is 5.82 Å². The minimum atomic E-state index is -0.167. The summed E-state index contributed by atoms with van der Waals surface area (Å²) in [4.78, 5) is 28.0. The predicted molar refractivity (Wildman–Crippen MR) is 97.5 cm³/mol. The molecular weight excluding hydrogens is 316 g/mol. The van der Waals surface area contributed by atoms with E-state index in [0.717, 1.165) is 0 Å². The Morgan fingerprint density at radius 1 is 0.960 bits per heavy atom. The third kappa shape index (κ3) is 3.97. The fraction of sp³-hybridized carbons (Fsp3) is 0.556. The zero-order valence-corrected chi connectivity index (χ0v) is 14.6. The maximum Gasteiger partial charge on any atom is 0.248 e. The van der Waals surface area contributed by atoms with Gasteiger partial charge in [0.1, 0.15) is 0 Å². The smallest absolute Gasteiger partial charge is 0.248 e. The zero-order chi connectivity index (χ0) is 17.4. The van der Waals surface area contributed by atoms with Crippen molar-refractivity contribution in [3.63, 3.8) is 0 Å². The third-order valence-corrected chi connectivity index (χ3v) is 5.02. The van der Waals surface area contributed by atoms with E-state index in [1.54, 1.807) is 12.1 Å². The maximum atomic E-state index is 11.6. The molecule has 7 nitrogen and oxygen atoms in total. The number of pyridine rings is 1. The number of nitrogens with one attached hydrogen (secondary N) is 3. The van der Waals surface area contributed by atoms with Crippen molar-refractivity contribution in [2.24, 2.45) is 11.8 Å². The molecule has 2 aliphatic carbocycles. The van der Waals surface area contributed by atoms with Gasteiger partial charge in [-0.2, -0.15) is 15.0 Å². The van der Waals surface area contributed by atoms with Crippen LogP contribution in [0.4, 0.5) is 11.9 Å². The molecule has 0 bridgehead atoms. The lowest BCUT2D eigenvalue weighted by Gasteiger charge is -2.17. The van der Waals surface area contributed by atoms with Gasteiger partial charge in [-0.05, 0) is 57.4 Å². The second-order valence-corrected chi connectivity index (χ2v) is 7.28. The molecule has 2 heterocycles. The molecular formula is C18H24N6O. The summed E-state index contributed by atoms with van der Waals surface area (Å²) >= 11 is 0. The second-order valence-electron chi connectivity index (χ2n) is 7.28. The molecule has 0 unspecified atom stereocenters. The Hall–Kier alpha value is -2.44. The Morgan fingerprint density at radius 2 is 1.52 bits per heavy atom. The van der Waals surface area contributed by atoms with Crippen LogP contribution >= 0.6 is 0 Å².